The second-order valence-corrected chi connectivity index (χ2v) is 7.44. The predicted molar refractivity (Wildman–Crippen MR) is 77.0 cm³/mol. The second kappa shape index (κ2) is 5.20. The van der Waals surface area contributed by atoms with E-state index in [1.807, 2.05) is 0 Å². The molecular weight excluding hydrogens is 300 g/mol. The van der Waals surface area contributed by atoms with Crippen LogP contribution in [0.1, 0.15) is 20.8 Å². The summed E-state index contributed by atoms with van der Waals surface area (Å²) in [6, 6.07) is 8.28. The van der Waals surface area contributed by atoms with Gasteiger partial charge in [0.25, 0.3) is 15.1 Å². The monoisotopic (exact) mass is 314 g/mol. The highest BCUT2D eigenvalue weighted by molar-refractivity contribution is 7.89. The summed E-state index contributed by atoms with van der Waals surface area (Å²) in [7, 11) is -3.72. The highest BCUT2D eigenvalue weighted by atomic mass is 35.5. The van der Waals surface area contributed by atoms with E-state index in [2.05, 4.69) is 9.88 Å². The number of hydrogen-bond acceptors (Lipinski definition) is 4. The van der Waals surface area contributed by atoms with Gasteiger partial charge in [0, 0.05) is 22.2 Å². The summed E-state index contributed by atoms with van der Waals surface area (Å²) in [6.07, 6.45) is 0. The highest BCUT2D eigenvalue weighted by Gasteiger charge is 2.26. The van der Waals surface area contributed by atoms with Crippen LogP contribution in [0.5, 0.6) is 0 Å². The van der Waals surface area contributed by atoms with Gasteiger partial charge in [-0.3, -0.25) is 0 Å². The molecule has 5 nitrogen and oxygen atoms in total. The first-order valence-electron chi connectivity index (χ1n) is 5.94. The molecule has 0 bridgehead atoms. The number of halogens is 1. The van der Waals surface area contributed by atoms with Crippen molar-refractivity contribution in [2.45, 2.75) is 31.4 Å². The molecule has 0 saturated heterocycles. The molecule has 0 amide bonds. The van der Waals surface area contributed by atoms with Gasteiger partial charge in [0.05, 0.1) is 0 Å². The predicted octanol–water partition coefficient (Wildman–Crippen LogP) is 3.07. The van der Waals surface area contributed by atoms with Crippen molar-refractivity contribution in [1.29, 1.82) is 0 Å². The van der Waals surface area contributed by atoms with Gasteiger partial charge in [0.1, 0.15) is 5.69 Å². The third-order valence-corrected chi connectivity index (χ3v) is 4.19. The van der Waals surface area contributed by atoms with E-state index in [0.29, 0.717) is 10.7 Å². The van der Waals surface area contributed by atoms with E-state index < -0.39 is 15.6 Å². The standard InChI is InChI=1S/C13H15ClN2O3S/c1-13(2,3)16-20(17,18)12-8-11(15-19-12)9-4-6-10(14)7-5-9/h4-8,16H,1-3H3. The Hall–Kier alpha value is -1.37. The molecule has 0 radical (unpaired) electrons. The number of aromatic nitrogens is 1. The molecule has 2 rings (SSSR count). The fraction of sp³-hybridized carbons (Fsp3) is 0.308. The average molecular weight is 315 g/mol. The van der Waals surface area contributed by atoms with Crippen molar-refractivity contribution < 1.29 is 12.9 Å². The van der Waals surface area contributed by atoms with Crippen LogP contribution in [-0.2, 0) is 10.0 Å². The minimum atomic E-state index is -3.72. The summed E-state index contributed by atoms with van der Waals surface area (Å²) in [5.41, 5.74) is 0.581. The fourth-order valence-electron chi connectivity index (χ4n) is 1.60. The Balaban J connectivity index is 2.31. The maximum absolute atomic E-state index is 12.1. The molecule has 20 heavy (non-hydrogen) atoms. The largest absolute Gasteiger partial charge is 0.343 e. The Morgan fingerprint density at radius 1 is 1.20 bits per heavy atom. The maximum Gasteiger partial charge on any atom is 0.277 e. The number of nitrogens with one attached hydrogen (secondary N) is 1. The molecule has 1 N–H and O–H groups in total. The van der Waals surface area contributed by atoms with Crippen LogP contribution in [0.2, 0.25) is 5.02 Å². The zero-order valence-corrected chi connectivity index (χ0v) is 12.9. The SMILES string of the molecule is CC(C)(C)NS(=O)(=O)c1cc(-c2ccc(Cl)cc2)no1. The van der Waals surface area contributed by atoms with Gasteiger partial charge in [-0.15, -0.1) is 0 Å². The van der Waals surface area contributed by atoms with Crippen LogP contribution in [0.3, 0.4) is 0 Å². The Morgan fingerprint density at radius 3 is 2.35 bits per heavy atom. The van der Waals surface area contributed by atoms with Crippen LogP contribution in [0, 0.1) is 0 Å². The number of hydrogen-bond donors (Lipinski definition) is 1. The first-order valence-corrected chi connectivity index (χ1v) is 7.80. The summed E-state index contributed by atoms with van der Waals surface area (Å²) in [4.78, 5) is 0. The molecule has 0 unspecified atom stereocenters. The van der Waals surface area contributed by atoms with E-state index in [1.165, 1.54) is 6.07 Å². The molecular formula is C13H15ClN2O3S. The number of sulfonamides is 1. The van der Waals surface area contributed by atoms with Gasteiger partial charge in [-0.2, -0.15) is 0 Å². The Kier molecular flexibility index (Phi) is 3.90. The van der Waals surface area contributed by atoms with Gasteiger partial charge in [-0.25, -0.2) is 13.1 Å². The molecule has 0 aliphatic rings. The number of rotatable bonds is 3. The molecule has 1 aromatic heterocycles. The van der Waals surface area contributed by atoms with Crippen molar-refractivity contribution >= 4 is 21.6 Å². The Bertz CT molecular complexity index is 700. The number of benzene rings is 1. The number of nitrogens with zero attached hydrogens (tertiary/aromatic N) is 1. The van der Waals surface area contributed by atoms with Crippen molar-refractivity contribution in [2.75, 3.05) is 0 Å². The average Bonchev–Trinajstić information content (AvgIpc) is 2.76. The van der Waals surface area contributed by atoms with Gasteiger partial charge >= 0.3 is 0 Å². The van der Waals surface area contributed by atoms with Gasteiger partial charge < -0.3 is 4.52 Å². The second-order valence-electron chi connectivity index (χ2n) is 5.39. The lowest BCUT2D eigenvalue weighted by atomic mass is 10.1. The third-order valence-electron chi connectivity index (χ3n) is 2.33. The van der Waals surface area contributed by atoms with Crippen LogP contribution < -0.4 is 4.72 Å². The first-order chi connectivity index (χ1) is 9.17. The van der Waals surface area contributed by atoms with E-state index in [9.17, 15) is 8.42 Å². The summed E-state index contributed by atoms with van der Waals surface area (Å²) in [5, 5.41) is 4.16. The van der Waals surface area contributed by atoms with E-state index in [0.717, 1.165) is 5.56 Å². The molecule has 0 aliphatic carbocycles. The van der Waals surface area contributed by atoms with Gasteiger partial charge in [-0.1, -0.05) is 28.9 Å². The van der Waals surface area contributed by atoms with Gasteiger partial charge in [-0.05, 0) is 32.9 Å². The van der Waals surface area contributed by atoms with E-state index >= 15 is 0 Å². The van der Waals surface area contributed by atoms with Crippen molar-refractivity contribution in [1.82, 2.24) is 9.88 Å². The third kappa shape index (κ3) is 3.59. The summed E-state index contributed by atoms with van der Waals surface area (Å²) in [6.45, 7) is 5.25. The van der Waals surface area contributed by atoms with Crippen LogP contribution in [0.25, 0.3) is 11.3 Å². The lowest BCUT2D eigenvalue weighted by molar-refractivity contribution is 0.335. The lowest BCUT2D eigenvalue weighted by Gasteiger charge is -2.18. The van der Waals surface area contributed by atoms with Crippen LogP contribution in [-0.4, -0.2) is 19.1 Å². The van der Waals surface area contributed by atoms with E-state index in [-0.39, 0.29) is 5.09 Å². The van der Waals surface area contributed by atoms with Crippen molar-refractivity contribution in [3.63, 3.8) is 0 Å². The minimum absolute atomic E-state index is 0.211. The smallest absolute Gasteiger partial charge is 0.277 e. The van der Waals surface area contributed by atoms with Crippen LogP contribution in [0.15, 0.2) is 39.9 Å². The van der Waals surface area contributed by atoms with Gasteiger partial charge in [0.2, 0.25) is 0 Å². The highest BCUT2D eigenvalue weighted by Crippen LogP contribution is 2.23. The minimum Gasteiger partial charge on any atom is -0.343 e. The summed E-state index contributed by atoms with van der Waals surface area (Å²) in [5.74, 6) is 0. The van der Waals surface area contributed by atoms with Crippen LogP contribution in [0.4, 0.5) is 0 Å². The molecule has 0 fully saturated rings. The quantitative estimate of drug-likeness (QED) is 0.945. The van der Waals surface area contributed by atoms with Crippen LogP contribution >= 0.6 is 11.6 Å². The van der Waals surface area contributed by atoms with E-state index in [4.69, 9.17) is 16.1 Å². The molecule has 7 heteroatoms. The topological polar surface area (TPSA) is 72.2 Å². The van der Waals surface area contributed by atoms with Crippen molar-refractivity contribution in [2.24, 2.45) is 0 Å². The first kappa shape index (κ1) is 15.0. The lowest BCUT2D eigenvalue weighted by Crippen LogP contribution is -2.40. The van der Waals surface area contributed by atoms with E-state index in [1.54, 1.807) is 45.0 Å². The zero-order chi connectivity index (χ0) is 15.0. The molecule has 1 aromatic carbocycles. The normalized spacial score (nSPS) is 12.6. The summed E-state index contributed by atoms with van der Waals surface area (Å²) < 4.78 is 31.6. The summed E-state index contributed by atoms with van der Waals surface area (Å²) >= 11 is 5.80. The molecule has 0 atom stereocenters. The zero-order valence-electron chi connectivity index (χ0n) is 11.3. The fourth-order valence-corrected chi connectivity index (χ4v) is 3.03. The molecule has 1 heterocycles. The Labute approximate surface area is 123 Å². The molecule has 0 aliphatic heterocycles. The molecule has 2 aromatic rings. The van der Waals surface area contributed by atoms with Crippen molar-refractivity contribution in [3.05, 3.63) is 35.4 Å². The maximum atomic E-state index is 12.1. The molecule has 0 saturated carbocycles. The van der Waals surface area contributed by atoms with Crippen molar-refractivity contribution in [3.8, 4) is 11.3 Å². The molecule has 108 valence electrons. The van der Waals surface area contributed by atoms with Gasteiger partial charge in [0.15, 0.2) is 0 Å². The Morgan fingerprint density at radius 2 is 1.80 bits per heavy atom. The molecule has 0 spiro atoms.